The Morgan fingerprint density at radius 1 is 1.13 bits per heavy atom. The maximum absolute atomic E-state index is 12.2. The zero-order valence-electron chi connectivity index (χ0n) is 12.5. The van der Waals surface area contributed by atoms with Crippen LogP contribution in [0.3, 0.4) is 0 Å². The van der Waals surface area contributed by atoms with E-state index in [1.54, 1.807) is 49.4 Å². The first-order valence-electron chi connectivity index (χ1n) is 7.04. The van der Waals surface area contributed by atoms with Crippen molar-refractivity contribution < 1.29 is 19.1 Å². The van der Waals surface area contributed by atoms with Crippen LogP contribution in [0.25, 0.3) is 0 Å². The second-order valence-corrected chi connectivity index (χ2v) is 5.41. The number of benzene rings is 2. The van der Waals surface area contributed by atoms with Crippen LogP contribution in [-0.2, 0) is 9.53 Å². The van der Waals surface area contributed by atoms with Gasteiger partial charge in [0.1, 0.15) is 5.75 Å². The zero-order valence-corrected chi connectivity index (χ0v) is 14.1. The summed E-state index contributed by atoms with van der Waals surface area (Å²) in [4.78, 5) is 23.5. The largest absolute Gasteiger partial charge is 0.482 e. The van der Waals surface area contributed by atoms with Gasteiger partial charge in [-0.2, -0.15) is 0 Å². The van der Waals surface area contributed by atoms with Gasteiger partial charge in [-0.1, -0.05) is 18.2 Å². The number of halogens is 1. The molecule has 0 heterocycles. The van der Waals surface area contributed by atoms with Crippen molar-refractivity contribution in [3.63, 3.8) is 0 Å². The smallest absolute Gasteiger partial charge is 0.344 e. The lowest BCUT2D eigenvalue weighted by molar-refractivity contribution is -0.145. The molecule has 2 aromatic carbocycles. The predicted octanol–water partition coefficient (Wildman–Crippen LogP) is 3.64. The average molecular weight is 378 g/mol. The van der Waals surface area contributed by atoms with Gasteiger partial charge in [-0.05, 0) is 47.1 Å². The van der Waals surface area contributed by atoms with Crippen molar-refractivity contribution in [2.45, 2.75) is 6.92 Å². The van der Waals surface area contributed by atoms with Gasteiger partial charge in [0.2, 0.25) is 0 Å². The van der Waals surface area contributed by atoms with Crippen molar-refractivity contribution in [2.24, 2.45) is 0 Å². The third-order valence-electron chi connectivity index (χ3n) is 2.87. The number of hydrogen-bond acceptors (Lipinski definition) is 4. The van der Waals surface area contributed by atoms with Gasteiger partial charge in [0.05, 0.1) is 12.2 Å². The van der Waals surface area contributed by atoms with Crippen LogP contribution in [0.15, 0.2) is 53.0 Å². The molecule has 120 valence electrons. The summed E-state index contributed by atoms with van der Waals surface area (Å²) in [5, 5.41) is 2.79. The molecule has 0 aliphatic rings. The van der Waals surface area contributed by atoms with Crippen molar-refractivity contribution in [3.05, 3.63) is 58.6 Å². The topological polar surface area (TPSA) is 64.6 Å². The SMILES string of the molecule is CCOC(=O)COc1cccc(NC(=O)c2ccccc2Br)c1. The van der Waals surface area contributed by atoms with E-state index < -0.39 is 5.97 Å². The summed E-state index contributed by atoms with van der Waals surface area (Å²) in [6.45, 7) is 1.87. The maximum Gasteiger partial charge on any atom is 0.344 e. The summed E-state index contributed by atoms with van der Waals surface area (Å²) in [5.41, 5.74) is 1.11. The first-order valence-corrected chi connectivity index (χ1v) is 7.84. The van der Waals surface area contributed by atoms with E-state index >= 15 is 0 Å². The molecule has 23 heavy (non-hydrogen) atoms. The van der Waals surface area contributed by atoms with Crippen molar-refractivity contribution in [1.29, 1.82) is 0 Å². The molecule has 1 amide bonds. The lowest BCUT2D eigenvalue weighted by atomic mass is 10.2. The highest BCUT2D eigenvalue weighted by Crippen LogP contribution is 2.20. The van der Waals surface area contributed by atoms with Gasteiger partial charge in [-0.15, -0.1) is 0 Å². The van der Waals surface area contributed by atoms with Crippen molar-refractivity contribution >= 4 is 33.5 Å². The monoisotopic (exact) mass is 377 g/mol. The zero-order chi connectivity index (χ0) is 16.7. The standard InChI is InChI=1S/C17H16BrNO4/c1-2-22-16(20)11-23-13-7-5-6-12(10-13)19-17(21)14-8-3-4-9-15(14)18/h3-10H,2,11H2,1H3,(H,19,21). The van der Waals surface area contributed by atoms with E-state index in [2.05, 4.69) is 21.2 Å². The Hall–Kier alpha value is -2.34. The van der Waals surface area contributed by atoms with Gasteiger partial charge in [0, 0.05) is 16.2 Å². The normalized spacial score (nSPS) is 10.0. The molecule has 0 atom stereocenters. The van der Waals surface area contributed by atoms with E-state index in [-0.39, 0.29) is 12.5 Å². The predicted molar refractivity (Wildman–Crippen MR) is 90.7 cm³/mol. The Bertz CT molecular complexity index is 702. The molecule has 0 aliphatic heterocycles. The van der Waals surface area contributed by atoms with Gasteiger partial charge in [0.15, 0.2) is 6.61 Å². The Morgan fingerprint density at radius 3 is 2.65 bits per heavy atom. The number of ether oxygens (including phenoxy) is 2. The van der Waals surface area contributed by atoms with Crippen LogP contribution in [0.1, 0.15) is 17.3 Å². The van der Waals surface area contributed by atoms with E-state index in [0.29, 0.717) is 28.1 Å². The van der Waals surface area contributed by atoms with E-state index in [9.17, 15) is 9.59 Å². The van der Waals surface area contributed by atoms with E-state index in [1.165, 1.54) is 0 Å². The summed E-state index contributed by atoms with van der Waals surface area (Å²) >= 11 is 3.34. The van der Waals surface area contributed by atoms with Crippen LogP contribution in [0.4, 0.5) is 5.69 Å². The highest BCUT2D eigenvalue weighted by Gasteiger charge is 2.10. The molecule has 0 radical (unpaired) electrons. The van der Waals surface area contributed by atoms with Gasteiger partial charge < -0.3 is 14.8 Å². The van der Waals surface area contributed by atoms with E-state index in [0.717, 1.165) is 0 Å². The van der Waals surface area contributed by atoms with Crippen LogP contribution in [-0.4, -0.2) is 25.1 Å². The van der Waals surface area contributed by atoms with E-state index in [1.807, 2.05) is 6.07 Å². The molecule has 0 bridgehead atoms. The van der Waals surface area contributed by atoms with Crippen LogP contribution in [0.2, 0.25) is 0 Å². The highest BCUT2D eigenvalue weighted by atomic mass is 79.9. The van der Waals surface area contributed by atoms with Crippen molar-refractivity contribution in [2.75, 3.05) is 18.5 Å². The number of hydrogen-bond donors (Lipinski definition) is 1. The molecule has 0 saturated heterocycles. The van der Waals surface area contributed by atoms with Crippen LogP contribution in [0.5, 0.6) is 5.75 Å². The maximum atomic E-state index is 12.2. The summed E-state index contributed by atoms with van der Waals surface area (Å²) in [6, 6.07) is 14.0. The van der Waals surface area contributed by atoms with Gasteiger partial charge >= 0.3 is 5.97 Å². The van der Waals surface area contributed by atoms with Crippen LogP contribution >= 0.6 is 15.9 Å². The quantitative estimate of drug-likeness (QED) is 0.780. The molecular weight excluding hydrogens is 362 g/mol. The first-order chi connectivity index (χ1) is 11.1. The fraction of sp³-hybridized carbons (Fsp3) is 0.176. The Morgan fingerprint density at radius 2 is 1.91 bits per heavy atom. The summed E-state index contributed by atoms with van der Waals surface area (Å²) in [7, 11) is 0. The molecule has 0 saturated carbocycles. The number of carbonyl (C=O) groups is 2. The lowest BCUT2D eigenvalue weighted by Crippen LogP contribution is -2.15. The molecule has 2 rings (SSSR count). The summed E-state index contributed by atoms with van der Waals surface area (Å²) < 4.78 is 10.8. The molecule has 2 aromatic rings. The third-order valence-corrected chi connectivity index (χ3v) is 3.56. The number of rotatable bonds is 6. The molecule has 5 nitrogen and oxygen atoms in total. The van der Waals surface area contributed by atoms with Gasteiger partial charge in [0.25, 0.3) is 5.91 Å². The molecule has 0 aromatic heterocycles. The Kier molecular flexibility index (Phi) is 6.17. The molecule has 6 heteroatoms. The average Bonchev–Trinajstić information content (AvgIpc) is 2.54. The molecule has 0 unspecified atom stereocenters. The molecule has 1 N–H and O–H groups in total. The number of nitrogens with one attached hydrogen (secondary N) is 1. The number of carbonyl (C=O) groups excluding carboxylic acids is 2. The van der Waals surface area contributed by atoms with Crippen molar-refractivity contribution in [1.82, 2.24) is 0 Å². The number of esters is 1. The lowest BCUT2D eigenvalue weighted by Gasteiger charge is -2.09. The first kappa shape index (κ1) is 17.0. The molecule has 0 fully saturated rings. The fourth-order valence-electron chi connectivity index (χ4n) is 1.85. The Labute approximate surface area is 142 Å². The molecule has 0 spiro atoms. The summed E-state index contributed by atoms with van der Waals surface area (Å²) in [6.07, 6.45) is 0. The van der Waals surface area contributed by atoms with Crippen LogP contribution in [0, 0.1) is 0 Å². The minimum absolute atomic E-state index is 0.171. The number of amides is 1. The second kappa shape index (κ2) is 8.33. The Balaban J connectivity index is 2.01. The fourth-order valence-corrected chi connectivity index (χ4v) is 2.32. The minimum atomic E-state index is -0.435. The van der Waals surface area contributed by atoms with Gasteiger partial charge in [-0.25, -0.2) is 4.79 Å². The second-order valence-electron chi connectivity index (χ2n) is 4.56. The third kappa shape index (κ3) is 5.10. The molecule has 0 aliphatic carbocycles. The van der Waals surface area contributed by atoms with Crippen LogP contribution < -0.4 is 10.1 Å². The summed E-state index contributed by atoms with van der Waals surface area (Å²) in [5.74, 6) is -0.196. The molecular formula is C17H16BrNO4. The van der Waals surface area contributed by atoms with Gasteiger partial charge in [-0.3, -0.25) is 4.79 Å². The highest BCUT2D eigenvalue weighted by molar-refractivity contribution is 9.10. The van der Waals surface area contributed by atoms with Crippen molar-refractivity contribution in [3.8, 4) is 5.75 Å². The minimum Gasteiger partial charge on any atom is -0.482 e. The number of anilines is 1. The van der Waals surface area contributed by atoms with E-state index in [4.69, 9.17) is 9.47 Å².